The smallest absolute Gasteiger partial charge is 0.236 e. The van der Waals surface area contributed by atoms with Crippen LogP contribution in [0.4, 0.5) is 11.6 Å². The monoisotopic (exact) mass is 571 g/mol. The zero-order valence-electron chi connectivity index (χ0n) is 23.5. The Morgan fingerprint density at radius 3 is 2.64 bits per heavy atom. The van der Waals surface area contributed by atoms with E-state index >= 15 is 0 Å². The molecule has 39 heavy (non-hydrogen) atoms. The molecule has 0 aliphatic carbocycles. The lowest BCUT2D eigenvalue weighted by Crippen LogP contribution is -2.39. The molecule has 3 aliphatic rings. The van der Waals surface area contributed by atoms with Gasteiger partial charge in [0, 0.05) is 67.0 Å². The van der Waals surface area contributed by atoms with Crippen LogP contribution in [-0.2, 0) is 11.3 Å². The second-order valence-electron chi connectivity index (χ2n) is 10.5. The van der Waals surface area contributed by atoms with Crippen molar-refractivity contribution in [2.45, 2.75) is 51.7 Å². The molecule has 0 bridgehead atoms. The number of hydrogen-bond donors (Lipinski definition) is 2. The fourth-order valence-electron chi connectivity index (χ4n) is 6.13. The van der Waals surface area contributed by atoms with Gasteiger partial charge in [-0.3, -0.25) is 9.80 Å². The van der Waals surface area contributed by atoms with Gasteiger partial charge in [0.25, 0.3) is 0 Å². The fraction of sp³-hybridized carbons (Fsp3) is 0.607. The van der Waals surface area contributed by atoms with E-state index in [1.54, 1.807) is 30.9 Å². The summed E-state index contributed by atoms with van der Waals surface area (Å²) >= 11 is 5.30. The van der Waals surface area contributed by atoms with Crippen molar-refractivity contribution in [2.75, 3.05) is 69.9 Å². The third-order valence-corrected chi connectivity index (χ3v) is 9.31. The Kier molecular flexibility index (Phi) is 9.13. The minimum atomic E-state index is 0.432. The Hall–Kier alpha value is -2.18. The minimum Gasteiger partial charge on any atom is -0.480 e. The number of thiophene rings is 1. The lowest BCUT2D eigenvalue weighted by molar-refractivity contribution is 0.122. The number of nitrogens with zero attached hydrogens (tertiary/aromatic N) is 6. The van der Waals surface area contributed by atoms with Crippen molar-refractivity contribution in [3.05, 3.63) is 22.7 Å². The number of morpholine rings is 1. The number of thiol groups is 1. The predicted octanol–water partition coefficient (Wildman–Crippen LogP) is 4.09. The van der Waals surface area contributed by atoms with Crippen LogP contribution in [0.5, 0.6) is 5.88 Å². The molecule has 2 unspecified atom stereocenters. The van der Waals surface area contributed by atoms with Crippen LogP contribution in [0.15, 0.2) is 12.3 Å². The molecule has 6 heterocycles. The van der Waals surface area contributed by atoms with Crippen LogP contribution < -0.4 is 15.4 Å². The average Bonchev–Trinajstić information content (AvgIpc) is 3.69. The summed E-state index contributed by atoms with van der Waals surface area (Å²) in [4.78, 5) is 23.5. The summed E-state index contributed by atoms with van der Waals surface area (Å²) in [5, 5.41) is 0. The van der Waals surface area contributed by atoms with Crippen molar-refractivity contribution in [3.8, 4) is 17.1 Å². The molecule has 9 nitrogen and oxygen atoms in total. The normalized spacial score (nSPS) is 22.3. The molecule has 11 heteroatoms. The molecular formula is C28H41N7O2S2. The minimum absolute atomic E-state index is 0.432. The molecule has 3 fully saturated rings. The number of pyridine rings is 1. The molecule has 0 aromatic carbocycles. The largest absolute Gasteiger partial charge is 0.480 e. The summed E-state index contributed by atoms with van der Waals surface area (Å²) in [7, 11) is 1.58. The van der Waals surface area contributed by atoms with Crippen LogP contribution in [0.1, 0.15) is 36.6 Å². The van der Waals surface area contributed by atoms with E-state index in [4.69, 9.17) is 25.2 Å². The number of ether oxygens (including phenoxy) is 2. The third-order valence-electron chi connectivity index (χ3n) is 8.16. The van der Waals surface area contributed by atoms with Crippen molar-refractivity contribution in [1.29, 1.82) is 0 Å². The molecule has 3 aromatic heterocycles. The maximum Gasteiger partial charge on any atom is 0.236 e. The third kappa shape index (κ3) is 5.83. The van der Waals surface area contributed by atoms with Crippen LogP contribution in [-0.4, -0.2) is 96.1 Å². The summed E-state index contributed by atoms with van der Waals surface area (Å²) in [5.74, 6) is 1.19. The number of likely N-dealkylation sites (tertiary alicyclic amines) is 2. The van der Waals surface area contributed by atoms with E-state index in [1.165, 1.54) is 36.2 Å². The van der Waals surface area contributed by atoms with Crippen molar-refractivity contribution >= 4 is 45.8 Å². The highest BCUT2D eigenvalue weighted by Gasteiger charge is 2.33. The summed E-state index contributed by atoms with van der Waals surface area (Å²) in [5.41, 5.74) is 10.9. The number of nitrogen functional groups attached to an aromatic ring is 1. The first-order valence-electron chi connectivity index (χ1n) is 13.9. The number of methoxy groups -OCH3 is 1. The molecule has 0 amide bonds. The van der Waals surface area contributed by atoms with Gasteiger partial charge in [0.15, 0.2) is 0 Å². The van der Waals surface area contributed by atoms with Crippen LogP contribution in [0, 0.1) is 6.92 Å². The summed E-state index contributed by atoms with van der Waals surface area (Å²) < 4.78 is 12.0. The molecule has 6 rings (SSSR count). The van der Waals surface area contributed by atoms with Crippen LogP contribution in [0.3, 0.4) is 0 Å². The SMILES string of the molecule is COc1ncc(-c2nc(N3CCOCC3)nc3c(CN4CCC(N5CCCC5C)C4)c(C)sc23)cc1N.CS. The molecule has 0 saturated carbocycles. The van der Waals surface area contributed by atoms with Gasteiger partial charge in [0.05, 0.1) is 41.9 Å². The first-order valence-corrected chi connectivity index (χ1v) is 15.6. The molecular weight excluding hydrogens is 530 g/mol. The zero-order valence-corrected chi connectivity index (χ0v) is 25.2. The van der Waals surface area contributed by atoms with Crippen LogP contribution in [0.2, 0.25) is 0 Å². The van der Waals surface area contributed by atoms with Gasteiger partial charge in [-0.2, -0.15) is 12.6 Å². The second-order valence-corrected chi connectivity index (χ2v) is 11.7. The average molecular weight is 572 g/mol. The number of rotatable bonds is 6. The Bertz CT molecular complexity index is 1280. The molecule has 0 spiro atoms. The summed E-state index contributed by atoms with van der Waals surface area (Å²) in [6, 6.07) is 3.30. The van der Waals surface area contributed by atoms with Gasteiger partial charge in [-0.25, -0.2) is 15.0 Å². The highest BCUT2D eigenvalue weighted by molar-refractivity contribution is 7.79. The topological polar surface area (TPSA) is 92.9 Å². The van der Waals surface area contributed by atoms with Gasteiger partial charge in [-0.1, -0.05) is 0 Å². The van der Waals surface area contributed by atoms with Gasteiger partial charge in [-0.15, -0.1) is 11.3 Å². The molecule has 2 atom stereocenters. The van der Waals surface area contributed by atoms with E-state index in [1.807, 2.05) is 6.07 Å². The number of aromatic nitrogens is 3. The maximum atomic E-state index is 6.25. The molecule has 0 radical (unpaired) electrons. The van der Waals surface area contributed by atoms with Crippen molar-refractivity contribution in [3.63, 3.8) is 0 Å². The highest BCUT2D eigenvalue weighted by atomic mass is 32.1. The maximum absolute atomic E-state index is 6.25. The van der Waals surface area contributed by atoms with Crippen molar-refractivity contribution in [1.82, 2.24) is 24.8 Å². The molecule has 3 aliphatic heterocycles. The highest BCUT2D eigenvalue weighted by Crippen LogP contribution is 2.39. The number of aryl methyl sites for hydroxylation is 1. The summed E-state index contributed by atoms with van der Waals surface area (Å²) in [6.07, 6.45) is 7.42. The van der Waals surface area contributed by atoms with Crippen molar-refractivity contribution in [2.24, 2.45) is 0 Å². The Morgan fingerprint density at radius 1 is 1.15 bits per heavy atom. The van der Waals surface area contributed by atoms with E-state index in [-0.39, 0.29) is 0 Å². The molecule has 2 N–H and O–H groups in total. The number of fused-ring (bicyclic) bond motifs is 1. The molecule has 3 saturated heterocycles. The van der Waals surface area contributed by atoms with E-state index in [9.17, 15) is 0 Å². The Balaban J connectivity index is 0.00000151. The standard InChI is InChI=1S/C27H37N7O2S.CH4S/c1-17-5-4-7-34(17)20-6-8-32(15-20)16-21-18(2)37-25-23(19-13-22(28)26(35-3)29-14-19)30-27(31-24(21)25)33-9-11-36-12-10-33;1-2/h13-14,17,20H,4-12,15-16,28H2,1-3H3;2H,1H3. The second kappa shape index (κ2) is 12.6. The lowest BCUT2D eigenvalue weighted by atomic mass is 10.1. The van der Waals surface area contributed by atoms with Crippen LogP contribution in [0.25, 0.3) is 21.5 Å². The first-order chi connectivity index (χ1) is 19.0. The quantitative estimate of drug-likeness (QED) is 0.424. The Morgan fingerprint density at radius 2 is 1.95 bits per heavy atom. The predicted molar refractivity (Wildman–Crippen MR) is 163 cm³/mol. The van der Waals surface area contributed by atoms with E-state index in [0.717, 1.165) is 60.1 Å². The van der Waals surface area contributed by atoms with E-state index in [0.29, 0.717) is 36.9 Å². The molecule has 3 aromatic rings. The van der Waals surface area contributed by atoms with Crippen LogP contribution >= 0.6 is 24.0 Å². The lowest BCUT2D eigenvalue weighted by Gasteiger charge is -2.28. The van der Waals surface area contributed by atoms with E-state index in [2.05, 4.69) is 46.2 Å². The van der Waals surface area contributed by atoms with E-state index < -0.39 is 0 Å². The van der Waals surface area contributed by atoms with Gasteiger partial charge >= 0.3 is 0 Å². The summed E-state index contributed by atoms with van der Waals surface area (Å²) in [6.45, 7) is 12.0. The number of anilines is 2. The zero-order chi connectivity index (χ0) is 27.5. The van der Waals surface area contributed by atoms with Gasteiger partial charge in [0.2, 0.25) is 11.8 Å². The number of hydrogen-bond acceptors (Lipinski definition) is 11. The van der Waals surface area contributed by atoms with Crippen molar-refractivity contribution < 1.29 is 9.47 Å². The Labute approximate surface area is 241 Å². The number of nitrogens with two attached hydrogens (primary N) is 1. The van der Waals surface area contributed by atoms with Gasteiger partial charge in [0.1, 0.15) is 0 Å². The molecule has 212 valence electrons. The first kappa shape index (κ1) is 28.4. The van der Waals surface area contributed by atoms with Gasteiger partial charge in [-0.05, 0) is 52.0 Å². The van der Waals surface area contributed by atoms with Gasteiger partial charge < -0.3 is 20.1 Å². The fourth-order valence-corrected chi connectivity index (χ4v) is 7.24.